The maximum absolute atomic E-state index is 13.8. The molecule has 5 rings (SSSR count). The number of aromatic nitrogens is 2. The van der Waals surface area contributed by atoms with Crippen LogP contribution in [0.15, 0.2) is 47.5 Å². The summed E-state index contributed by atoms with van der Waals surface area (Å²) in [6.45, 7) is 1.19. The first-order chi connectivity index (χ1) is 16.2. The minimum atomic E-state index is -4.63. The second-order valence-electron chi connectivity index (χ2n) is 8.15. The molecule has 2 amide bonds. The predicted octanol–water partition coefficient (Wildman–Crippen LogP) is 5.25. The first-order valence-corrected chi connectivity index (χ1v) is 11.7. The molecule has 3 aromatic rings. The van der Waals surface area contributed by atoms with Gasteiger partial charge in [-0.25, -0.2) is 0 Å². The number of aromatic amines is 1. The van der Waals surface area contributed by atoms with E-state index in [0.717, 1.165) is 28.7 Å². The lowest BCUT2D eigenvalue weighted by molar-refractivity contribution is -0.138. The lowest BCUT2D eigenvalue weighted by Crippen LogP contribution is -2.40. The van der Waals surface area contributed by atoms with Gasteiger partial charge in [-0.3, -0.25) is 19.6 Å². The Morgan fingerprint density at radius 3 is 2.76 bits per heavy atom. The summed E-state index contributed by atoms with van der Waals surface area (Å²) in [5.74, 6) is -0.478. The molecule has 2 aliphatic rings. The van der Waals surface area contributed by atoms with E-state index >= 15 is 0 Å². The molecule has 176 valence electrons. The molecule has 1 atom stereocenters. The van der Waals surface area contributed by atoms with E-state index in [2.05, 4.69) is 15.5 Å². The van der Waals surface area contributed by atoms with Gasteiger partial charge < -0.3 is 5.32 Å². The number of halogens is 4. The zero-order valence-corrected chi connectivity index (χ0v) is 19.2. The molecule has 0 spiro atoms. The van der Waals surface area contributed by atoms with Crippen molar-refractivity contribution in [3.63, 3.8) is 0 Å². The van der Waals surface area contributed by atoms with Crippen molar-refractivity contribution in [3.8, 4) is 0 Å². The van der Waals surface area contributed by atoms with E-state index in [0.29, 0.717) is 30.6 Å². The summed E-state index contributed by atoms with van der Waals surface area (Å²) in [6.07, 6.45) is -2.60. The molecular weight excluding hydrogens is 489 g/mol. The number of carbonyl (C=O) groups excluding carboxylic acids is 2. The topological polar surface area (TPSA) is 78.1 Å². The number of imide groups is 1. The lowest BCUT2D eigenvalue weighted by atomic mass is 9.93. The van der Waals surface area contributed by atoms with E-state index in [1.54, 1.807) is 24.4 Å². The second kappa shape index (κ2) is 8.75. The number of amides is 2. The number of hydrogen-bond donors (Lipinski definition) is 2. The molecule has 0 saturated carbocycles. The summed E-state index contributed by atoms with van der Waals surface area (Å²) < 4.78 is 41.4. The molecule has 2 fully saturated rings. The summed E-state index contributed by atoms with van der Waals surface area (Å²) in [6, 6.07) is 8.51. The Morgan fingerprint density at radius 2 is 2.03 bits per heavy atom. The molecule has 0 unspecified atom stereocenters. The van der Waals surface area contributed by atoms with E-state index in [4.69, 9.17) is 11.6 Å². The summed E-state index contributed by atoms with van der Waals surface area (Å²) in [5.41, 5.74) is 0.741. The quantitative estimate of drug-likeness (QED) is 0.473. The largest absolute Gasteiger partial charge is 0.416 e. The number of alkyl halides is 3. The van der Waals surface area contributed by atoms with Crippen LogP contribution in [0.4, 0.5) is 18.0 Å². The van der Waals surface area contributed by atoms with Gasteiger partial charge in [-0.1, -0.05) is 23.7 Å². The van der Waals surface area contributed by atoms with Crippen molar-refractivity contribution in [1.29, 1.82) is 0 Å². The van der Waals surface area contributed by atoms with Gasteiger partial charge >= 0.3 is 6.18 Å². The van der Waals surface area contributed by atoms with E-state index in [9.17, 15) is 22.8 Å². The molecule has 0 aliphatic carbocycles. The van der Waals surface area contributed by atoms with Crippen LogP contribution in [0, 0.1) is 0 Å². The van der Waals surface area contributed by atoms with Crippen molar-refractivity contribution in [1.82, 2.24) is 20.4 Å². The highest BCUT2D eigenvalue weighted by molar-refractivity contribution is 8.18. The summed E-state index contributed by atoms with van der Waals surface area (Å²) >= 11 is 6.63. The predicted molar refractivity (Wildman–Crippen MR) is 124 cm³/mol. The van der Waals surface area contributed by atoms with Crippen molar-refractivity contribution in [2.75, 3.05) is 13.1 Å². The Hall–Kier alpha value is -2.82. The Kier molecular flexibility index (Phi) is 5.91. The number of fused-ring (bicyclic) bond motifs is 1. The molecule has 34 heavy (non-hydrogen) atoms. The van der Waals surface area contributed by atoms with Crippen molar-refractivity contribution in [2.45, 2.75) is 25.1 Å². The van der Waals surface area contributed by atoms with Crippen LogP contribution >= 0.6 is 23.4 Å². The minimum absolute atomic E-state index is 0.0338. The molecule has 6 nitrogen and oxygen atoms in total. The van der Waals surface area contributed by atoms with Crippen molar-refractivity contribution in [3.05, 3.63) is 69.2 Å². The van der Waals surface area contributed by atoms with Gasteiger partial charge in [0.05, 0.1) is 28.2 Å². The average Bonchev–Trinajstić information content (AvgIpc) is 3.52. The van der Waals surface area contributed by atoms with Gasteiger partial charge in [0.2, 0.25) is 0 Å². The Bertz CT molecular complexity index is 1330. The average molecular weight is 507 g/mol. The zero-order valence-electron chi connectivity index (χ0n) is 17.6. The maximum Gasteiger partial charge on any atom is 0.416 e. The highest BCUT2D eigenvalue weighted by Gasteiger charge is 2.42. The van der Waals surface area contributed by atoms with Gasteiger partial charge in [0.15, 0.2) is 0 Å². The SMILES string of the molecule is O=C1S/C(=C(/Cc2ccc(Cl)cc2C(F)(F)F)c2ccc3[nH]ncc3c2)C(=O)N1[C@H]1CCNC1. The number of benzene rings is 2. The van der Waals surface area contributed by atoms with Crippen molar-refractivity contribution < 1.29 is 22.8 Å². The van der Waals surface area contributed by atoms with E-state index in [-0.39, 0.29) is 28.0 Å². The third kappa shape index (κ3) is 4.21. The number of hydrogen-bond acceptors (Lipinski definition) is 5. The van der Waals surface area contributed by atoms with Gasteiger partial charge in [-0.2, -0.15) is 18.3 Å². The molecule has 1 aromatic heterocycles. The molecule has 2 N–H and O–H groups in total. The van der Waals surface area contributed by atoms with Gasteiger partial charge in [0.1, 0.15) is 0 Å². The first kappa shape index (κ1) is 22.9. The number of H-pyrrole nitrogens is 1. The fraction of sp³-hybridized carbons (Fsp3) is 0.261. The number of carbonyl (C=O) groups is 2. The Balaban J connectivity index is 1.65. The van der Waals surface area contributed by atoms with Crippen molar-refractivity contribution >= 4 is 51.0 Å². The molecular formula is C23H18ClF3N4O2S. The van der Waals surface area contributed by atoms with Crippen LogP contribution in [-0.4, -0.2) is 45.4 Å². The standard InChI is InChI=1S/C23H18ClF3N4O2S/c24-15-3-1-13(18(9-15)23(25,26)27)8-17(12-2-4-19-14(7-12)10-29-30-19)20-21(32)31(22(33)34-20)16-5-6-28-11-16/h1-4,7,9-10,16,28H,5-6,8,11H2,(H,29,30)/b20-17-/t16-/m0/s1. The van der Waals surface area contributed by atoms with Crippen LogP contribution in [0.2, 0.25) is 5.02 Å². The van der Waals surface area contributed by atoms with Crippen LogP contribution in [0.25, 0.3) is 16.5 Å². The van der Waals surface area contributed by atoms with Gasteiger partial charge in [0, 0.05) is 17.0 Å². The maximum atomic E-state index is 13.8. The van der Waals surface area contributed by atoms with E-state index in [1.807, 2.05) is 0 Å². The third-order valence-corrected chi connectivity index (χ3v) is 7.24. The van der Waals surface area contributed by atoms with E-state index < -0.39 is 22.9 Å². The minimum Gasteiger partial charge on any atom is -0.315 e. The monoisotopic (exact) mass is 506 g/mol. The van der Waals surface area contributed by atoms with Gasteiger partial charge in [0.25, 0.3) is 11.1 Å². The van der Waals surface area contributed by atoms with Gasteiger partial charge in [-0.05, 0) is 72.1 Å². The smallest absolute Gasteiger partial charge is 0.315 e. The zero-order chi connectivity index (χ0) is 24.0. The molecule has 0 radical (unpaired) electrons. The number of rotatable bonds is 4. The summed E-state index contributed by atoms with van der Waals surface area (Å²) in [7, 11) is 0. The van der Waals surface area contributed by atoms with Gasteiger partial charge in [-0.15, -0.1) is 0 Å². The van der Waals surface area contributed by atoms with Crippen LogP contribution in [0.5, 0.6) is 0 Å². The first-order valence-electron chi connectivity index (χ1n) is 10.5. The number of allylic oxidation sites excluding steroid dienone is 1. The molecule has 2 aliphatic heterocycles. The summed E-state index contributed by atoms with van der Waals surface area (Å²) in [5, 5.41) is 10.2. The fourth-order valence-corrected chi connectivity index (χ4v) is 5.51. The number of nitrogens with zero attached hydrogens (tertiary/aromatic N) is 2. The molecule has 2 saturated heterocycles. The van der Waals surface area contributed by atoms with Crippen LogP contribution in [0.3, 0.4) is 0 Å². The number of nitrogens with one attached hydrogen (secondary N) is 2. The number of thioether (sulfide) groups is 1. The Labute approximate surface area is 201 Å². The van der Waals surface area contributed by atoms with Crippen LogP contribution < -0.4 is 5.32 Å². The normalized spacial score (nSPS) is 20.6. The summed E-state index contributed by atoms with van der Waals surface area (Å²) in [4.78, 5) is 27.6. The highest BCUT2D eigenvalue weighted by atomic mass is 35.5. The molecule has 11 heteroatoms. The van der Waals surface area contributed by atoms with Crippen molar-refractivity contribution in [2.24, 2.45) is 0 Å². The molecule has 3 heterocycles. The molecule has 0 bridgehead atoms. The highest BCUT2D eigenvalue weighted by Crippen LogP contribution is 2.42. The van der Waals surface area contributed by atoms with E-state index in [1.165, 1.54) is 17.0 Å². The Morgan fingerprint density at radius 1 is 1.21 bits per heavy atom. The molecule has 2 aromatic carbocycles. The fourth-order valence-electron chi connectivity index (χ4n) is 4.34. The second-order valence-corrected chi connectivity index (χ2v) is 9.54. The van der Waals surface area contributed by atoms with Crippen LogP contribution in [0.1, 0.15) is 23.1 Å². The van der Waals surface area contributed by atoms with Crippen LogP contribution in [-0.2, 0) is 17.4 Å². The third-order valence-electron chi connectivity index (χ3n) is 6.01. The lowest BCUT2D eigenvalue weighted by Gasteiger charge is -2.20.